The lowest BCUT2D eigenvalue weighted by Crippen LogP contribution is -2.43. The van der Waals surface area contributed by atoms with Crippen LogP contribution in [0.3, 0.4) is 0 Å². The third kappa shape index (κ3) is 4.31. The number of piperazine rings is 1. The Bertz CT molecular complexity index is 691. The van der Waals surface area contributed by atoms with Crippen LogP contribution in [0.4, 0.5) is 5.82 Å². The number of nitrogen functional groups attached to an aromatic ring is 1. The average Bonchev–Trinajstić information content (AvgIpc) is 2.46. The number of nitrogens with one attached hydrogen (secondary N) is 1. The minimum Gasteiger partial charge on any atom is -0.382 e. The van der Waals surface area contributed by atoms with Crippen molar-refractivity contribution in [3.8, 4) is 0 Å². The van der Waals surface area contributed by atoms with Crippen LogP contribution in [0.2, 0.25) is 0 Å². The molecule has 2 aromatic rings. The van der Waals surface area contributed by atoms with Crippen LogP contribution in [0.15, 0.2) is 17.2 Å². The summed E-state index contributed by atoms with van der Waals surface area (Å²) in [5, 5.41) is 3.35. The highest BCUT2D eigenvalue weighted by Gasteiger charge is 2.16. The van der Waals surface area contributed by atoms with Crippen LogP contribution in [0.5, 0.6) is 0 Å². The molecule has 0 aliphatic carbocycles. The van der Waals surface area contributed by atoms with Gasteiger partial charge >= 0.3 is 0 Å². The molecule has 1 aliphatic rings. The summed E-state index contributed by atoms with van der Waals surface area (Å²) >= 11 is 1.78. The second-order valence-electron chi connectivity index (χ2n) is 6.80. The smallest absolute Gasteiger partial charge is 0.153 e. The summed E-state index contributed by atoms with van der Waals surface area (Å²) in [6.07, 6.45) is 1.86. The quantitative estimate of drug-likeness (QED) is 0.831. The maximum Gasteiger partial charge on any atom is 0.153 e. The summed E-state index contributed by atoms with van der Waals surface area (Å²) < 4.78 is 0.136. The number of thioether (sulfide) groups is 1. The first kappa shape index (κ1) is 16.4. The SMILES string of the molecule is CC(C)(C)Sc1cnc2c(N)nc(CN3CCNCC3)nc2c1. The molecule has 23 heavy (non-hydrogen) atoms. The van der Waals surface area contributed by atoms with Gasteiger partial charge < -0.3 is 11.1 Å². The molecule has 1 saturated heterocycles. The van der Waals surface area contributed by atoms with Crippen molar-refractivity contribution in [1.29, 1.82) is 0 Å². The fraction of sp³-hybridized carbons (Fsp3) is 0.562. The molecule has 3 heterocycles. The van der Waals surface area contributed by atoms with E-state index >= 15 is 0 Å². The number of nitrogens with two attached hydrogens (primary N) is 1. The fourth-order valence-electron chi connectivity index (χ4n) is 2.62. The van der Waals surface area contributed by atoms with Gasteiger partial charge in [0.25, 0.3) is 0 Å². The zero-order valence-electron chi connectivity index (χ0n) is 14.0. The van der Waals surface area contributed by atoms with Crippen LogP contribution in [-0.2, 0) is 6.54 Å². The molecule has 0 amide bonds. The Kier molecular flexibility index (Phi) is 4.70. The van der Waals surface area contributed by atoms with Crippen LogP contribution in [-0.4, -0.2) is 50.8 Å². The van der Waals surface area contributed by atoms with E-state index in [-0.39, 0.29) is 4.75 Å². The van der Waals surface area contributed by atoms with Crippen LogP contribution in [0.25, 0.3) is 11.0 Å². The number of rotatable bonds is 3. The number of anilines is 1. The maximum absolute atomic E-state index is 6.09. The first-order chi connectivity index (χ1) is 10.9. The maximum atomic E-state index is 6.09. The Balaban J connectivity index is 1.88. The highest BCUT2D eigenvalue weighted by Crippen LogP contribution is 2.32. The highest BCUT2D eigenvalue weighted by molar-refractivity contribution is 8.00. The normalized spacial score (nSPS) is 16.8. The molecule has 1 fully saturated rings. The molecule has 3 N–H and O–H groups in total. The van der Waals surface area contributed by atoms with Crippen LogP contribution >= 0.6 is 11.8 Å². The average molecular weight is 332 g/mol. The summed E-state index contributed by atoms with van der Waals surface area (Å²) in [6.45, 7) is 11.3. The van der Waals surface area contributed by atoms with Crippen molar-refractivity contribution in [2.75, 3.05) is 31.9 Å². The zero-order valence-corrected chi connectivity index (χ0v) is 14.8. The van der Waals surface area contributed by atoms with Crippen LogP contribution in [0.1, 0.15) is 26.6 Å². The summed E-state index contributed by atoms with van der Waals surface area (Å²) in [6, 6.07) is 2.07. The molecular formula is C16H24N6S. The first-order valence-corrected chi connectivity index (χ1v) is 8.77. The lowest BCUT2D eigenvalue weighted by atomic mass is 10.3. The molecule has 0 bridgehead atoms. The molecule has 7 heteroatoms. The van der Waals surface area contributed by atoms with Gasteiger partial charge in [-0.1, -0.05) is 20.8 Å². The summed E-state index contributed by atoms with van der Waals surface area (Å²) in [5.41, 5.74) is 7.61. The van der Waals surface area contributed by atoms with Crippen molar-refractivity contribution < 1.29 is 0 Å². The summed E-state index contributed by atoms with van der Waals surface area (Å²) in [5.74, 6) is 1.24. The van der Waals surface area contributed by atoms with Gasteiger partial charge in [0.1, 0.15) is 11.3 Å². The van der Waals surface area contributed by atoms with Gasteiger partial charge in [0.05, 0.1) is 12.1 Å². The minimum atomic E-state index is 0.136. The summed E-state index contributed by atoms with van der Waals surface area (Å²) in [7, 11) is 0. The predicted molar refractivity (Wildman–Crippen MR) is 95.5 cm³/mol. The topological polar surface area (TPSA) is 80.0 Å². The summed E-state index contributed by atoms with van der Waals surface area (Å²) in [4.78, 5) is 17.0. The van der Waals surface area contributed by atoms with E-state index in [4.69, 9.17) is 10.7 Å². The molecule has 2 aromatic heterocycles. The van der Waals surface area contributed by atoms with E-state index in [1.807, 2.05) is 6.20 Å². The fourth-order valence-corrected chi connectivity index (χ4v) is 3.61. The van der Waals surface area contributed by atoms with E-state index in [1.54, 1.807) is 11.8 Å². The highest BCUT2D eigenvalue weighted by atomic mass is 32.2. The Morgan fingerprint density at radius 1 is 1.26 bits per heavy atom. The van der Waals surface area contributed by atoms with Crippen molar-refractivity contribution in [3.05, 3.63) is 18.1 Å². The number of fused-ring (bicyclic) bond motifs is 1. The number of pyridine rings is 1. The second-order valence-corrected chi connectivity index (χ2v) is 8.70. The van der Waals surface area contributed by atoms with Crippen LogP contribution in [0, 0.1) is 0 Å². The van der Waals surface area contributed by atoms with Crippen LogP contribution < -0.4 is 11.1 Å². The van der Waals surface area contributed by atoms with Crippen molar-refractivity contribution >= 4 is 28.6 Å². The van der Waals surface area contributed by atoms with Crippen molar-refractivity contribution in [3.63, 3.8) is 0 Å². The van der Waals surface area contributed by atoms with Gasteiger partial charge in [0.15, 0.2) is 5.82 Å². The number of nitrogens with zero attached hydrogens (tertiary/aromatic N) is 4. The Morgan fingerprint density at radius 3 is 2.70 bits per heavy atom. The molecule has 1 aliphatic heterocycles. The monoisotopic (exact) mass is 332 g/mol. The molecule has 124 valence electrons. The molecule has 0 spiro atoms. The third-order valence-electron chi connectivity index (χ3n) is 3.58. The Labute approximate surface area is 141 Å². The standard InChI is InChI=1S/C16H24N6S/c1-16(2,3)23-11-8-12-14(19-9-11)15(17)21-13(20-12)10-22-6-4-18-5-7-22/h8-9,18H,4-7,10H2,1-3H3,(H2,17,20,21). The molecule has 0 unspecified atom stereocenters. The number of aromatic nitrogens is 3. The molecule has 0 atom stereocenters. The van der Waals surface area contributed by atoms with Gasteiger partial charge in [-0.15, -0.1) is 11.8 Å². The van der Waals surface area contributed by atoms with E-state index in [1.165, 1.54) is 0 Å². The van der Waals surface area contributed by atoms with E-state index in [0.717, 1.165) is 49.0 Å². The van der Waals surface area contributed by atoms with Gasteiger partial charge in [-0.25, -0.2) is 15.0 Å². The molecule has 6 nitrogen and oxygen atoms in total. The van der Waals surface area contributed by atoms with Gasteiger partial charge in [0, 0.05) is 42.0 Å². The van der Waals surface area contributed by atoms with Crippen molar-refractivity contribution in [1.82, 2.24) is 25.2 Å². The molecular weight excluding hydrogens is 308 g/mol. The van der Waals surface area contributed by atoms with E-state index < -0.39 is 0 Å². The Morgan fingerprint density at radius 2 is 2.00 bits per heavy atom. The lowest BCUT2D eigenvalue weighted by molar-refractivity contribution is 0.228. The molecule has 0 saturated carbocycles. The molecule has 0 aromatic carbocycles. The van der Waals surface area contributed by atoms with Crippen molar-refractivity contribution in [2.45, 2.75) is 37.0 Å². The number of hydrogen-bond acceptors (Lipinski definition) is 7. The molecule has 3 rings (SSSR count). The zero-order chi connectivity index (χ0) is 16.4. The lowest BCUT2D eigenvalue weighted by Gasteiger charge is -2.26. The first-order valence-electron chi connectivity index (χ1n) is 7.95. The largest absolute Gasteiger partial charge is 0.382 e. The third-order valence-corrected chi connectivity index (χ3v) is 4.65. The van der Waals surface area contributed by atoms with E-state index in [9.17, 15) is 0 Å². The second kappa shape index (κ2) is 6.59. The predicted octanol–water partition coefficient (Wildman–Crippen LogP) is 1.90. The van der Waals surface area contributed by atoms with Gasteiger partial charge in [0.2, 0.25) is 0 Å². The number of hydrogen-bond donors (Lipinski definition) is 2. The van der Waals surface area contributed by atoms with E-state index in [0.29, 0.717) is 11.3 Å². The molecule has 0 radical (unpaired) electrons. The van der Waals surface area contributed by atoms with Crippen molar-refractivity contribution in [2.24, 2.45) is 0 Å². The van der Waals surface area contributed by atoms with Gasteiger partial charge in [-0.2, -0.15) is 0 Å². The Hall–Kier alpha value is -1.44. The van der Waals surface area contributed by atoms with E-state index in [2.05, 4.69) is 47.0 Å². The van der Waals surface area contributed by atoms with Gasteiger partial charge in [-0.3, -0.25) is 4.90 Å². The minimum absolute atomic E-state index is 0.136. The van der Waals surface area contributed by atoms with Gasteiger partial charge in [-0.05, 0) is 6.07 Å².